The Morgan fingerprint density at radius 2 is 1.86 bits per heavy atom. The third-order valence-electron chi connectivity index (χ3n) is 5.17. The lowest BCUT2D eigenvalue weighted by Gasteiger charge is -2.09. The summed E-state index contributed by atoms with van der Waals surface area (Å²) in [6.45, 7) is 2.71. The molecule has 1 N–H and O–H groups in total. The second kappa shape index (κ2) is 11.3. The normalized spacial score (nSPS) is 11.5. The Balaban J connectivity index is 1.38. The van der Waals surface area contributed by atoms with Crippen LogP contribution in [0.5, 0.6) is 0 Å². The molecule has 4 rings (SSSR count). The lowest BCUT2D eigenvalue weighted by Crippen LogP contribution is -2.19. The summed E-state index contributed by atoms with van der Waals surface area (Å²) in [5, 5.41) is 15.7. The van der Waals surface area contributed by atoms with Crippen molar-refractivity contribution in [3.05, 3.63) is 106 Å². The van der Waals surface area contributed by atoms with Crippen molar-refractivity contribution in [3.63, 3.8) is 0 Å². The summed E-state index contributed by atoms with van der Waals surface area (Å²) in [6, 6.07) is 22.6. The fraction of sp³-hybridized carbons (Fsp3) is 0.115. The van der Waals surface area contributed by atoms with E-state index in [2.05, 4.69) is 46.3 Å². The summed E-state index contributed by atoms with van der Waals surface area (Å²) in [6.07, 6.45) is 4.48. The van der Waals surface area contributed by atoms with Crippen molar-refractivity contribution in [1.82, 2.24) is 15.0 Å². The number of nitro benzene ring substituents is 1. The van der Waals surface area contributed by atoms with Crippen molar-refractivity contribution in [2.75, 3.05) is 5.75 Å². The number of amides is 1. The van der Waals surface area contributed by atoms with Crippen LogP contribution in [-0.4, -0.2) is 32.3 Å². The average molecular weight is 486 g/mol. The van der Waals surface area contributed by atoms with Crippen molar-refractivity contribution in [2.45, 2.75) is 18.6 Å². The summed E-state index contributed by atoms with van der Waals surface area (Å²) in [5.41, 5.74) is 7.17. The van der Waals surface area contributed by atoms with E-state index in [4.69, 9.17) is 4.98 Å². The molecule has 3 aromatic carbocycles. The van der Waals surface area contributed by atoms with Gasteiger partial charge in [-0.05, 0) is 42.8 Å². The molecule has 1 aromatic heterocycles. The molecular weight excluding hydrogens is 462 g/mol. The molecular formula is C26H23N5O3S. The van der Waals surface area contributed by atoms with Crippen molar-refractivity contribution >= 4 is 46.7 Å². The van der Waals surface area contributed by atoms with Crippen LogP contribution in [0.25, 0.3) is 17.1 Å². The SMILES string of the molecule is Cc1ccc(Cn2c(SCC(=O)NN=CC=Cc3ccccc3[N+](=O)[O-])nc3ccccc32)cc1. The van der Waals surface area contributed by atoms with Crippen molar-refractivity contribution in [1.29, 1.82) is 0 Å². The van der Waals surface area contributed by atoms with Gasteiger partial charge in [-0.25, -0.2) is 10.4 Å². The Morgan fingerprint density at radius 3 is 2.66 bits per heavy atom. The number of aromatic nitrogens is 2. The molecule has 0 unspecified atom stereocenters. The number of hydrazone groups is 1. The number of para-hydroxylation sites is 3. The minimum absolute atomic E-state index is 0.00566. The van der Waals surface area contributed by atoms with Gasteiger partial charge >= 0.3 is 0 Å². The smallest absolute Gasteiger partial charge is 0.276 e. The third kappa shape index (κ3) is 6.21. The van der Waals surface area contributed by atoms with Crippen LogP contribution in [-0.2, 0) is 11.3 Å². The van der Waals surface area contributed by atoms with Gasteiger partial charge in [-0.2, -0.15) is 5.10 Å². The number of nitrogens with one attached hydrogen (secondary N) is 1. The number of hydrogen-bond acceptors (Lipinski definition) is 6. The molecule has 9 heteroatoms. The molecule has 0 bridgehead atoms. The number of rotatable bonds is 9. The van der Waals surface area contributed by atoms with Gasteiger partial charge in [0.05, 0.1) is 33.8 Å². The topological polar surface area (TPSA) is 102 Å². The standard InChI is InChI=1S/C26H23N5O3S/c1-19-12-14-20(15-13-19)17-30-24-11-5-3-9-22(24)28-26(30)35-18-25(32)29-27-16-6-8-21-7-2-4-10-23(21)31(33)34/h2-16H,17-18H2,1H3,(H,29,32). The van der Waals surface area contributed by atoms with Crippen LogP contribution in [0, 0.1) is 17.0 Å². The van der Waals surface area contributed by atoms with E-state index in [0.29, 0.717) is 12.1 Å². The first kappa shape index (κ1) is 23.9. The molecule has 0 spiro atoms. The molecule has 0 aliphatic rings. The zero-order valence-electron chi connectivity index (χ0n) is 19.0. The minimum atomic E-state index is -0.442. The highest BCUT2D eigenvalue weighted by molar-refractivity contribution is 7.99. The van der Waals surface area contributed by atoms with E-state index in [9.17, 15) is 14.9 Å². The predicted molar refractivity (Wildman–Crippen MR) is 140 cm³/mol. The minimum Gasteiger partial charge on any atom is -0.314 e. The first-order valence-electron chi connectivity index (χ1n) is 10.9. The number of carbonyl (C=O) groups is 1. The van der Waals surface area contributed by atoms with E-state index in [1.54, 1.807) is 24.3 Å². The molecule has 0 saturated heterocycles. The Kier molecular flexibility index (Phi) is 7.69. The van der Waals surface area contributed by atoms with E-state index in [1.807, 2.05) is 24.3 Å². The number of carbonyl (C=O) groups excluding carboxylic acids is 1. The van der Waals surface area contributed by atoms with Crippen LogP contribution < -0.4 is 5.43 Å². The predicted octanol–water partition coefficient (Wildman–Crippen LogP) is 5.21. The number of fused-ring (bicyclic) bond motifs is 1. The molecule has 4 aromatic rings. The fourth-order valence-electron chi connectivity index (χ4n) is 3.45. The van der Waals surface area contributed by atoms with Crippen molar-refractivity contribution in [3.8, 4) is 0 Å². The summed E-state index contributed by atoms with van der Waals surface area (Å²) >= 11 is 1.34. The number of allylic oxidation sites excluding steroid dienone is 1. The molecule has 8 nitrogen and oxygen atoms in total. The summed E-state index contributed by atoms with van der Waals surface area (Å²) in [5.74, 6) is -0.137. The quantitative estimate of drug-likeness (QED) is 0.152. The van der Waals surface area contributed by atoms with Gasteiger partial charge in [-0.1, -0.05) is 65.9 Å². The molecule has 176 valence electrons. The van der Waals surface area contributed by atoms with E-state index in [-0.39, 0.29) is 17.3 Å². The lowest BCUT2D eigenvalue weighted by molar-refractivity contribution is -0.385. The zero-order valence-corrected chi connectivity index (χ0v) is 19.8. The fourth-order valence-corrected chi connectivity index (χ4v) is 4.25. The lowest BCUT2D eigenvalue weighted by atomic mass is 10.1. The summed E-state index contributed by atoms with van der Waals surface area (Å²) in [4.78, 5) is 27.6. The van der Waals surface area contributed by atoms with Crippen LogP contribution in [0.4, 0.5) is 5.69 Å². The number of hydrogen-bond donors (Lipinski definition) is 1. The van der Waals surface area contributed by atoms with Crippen LogP contribution in [0.2, 0.25) is 0 Å². The molecule has 0 atom stereocenters. The number of benzene rings is 3. The molecule has 0 fully saturated rings. The van der Waals surface area contributed by atoms with Crippen molar-refractivity contribution < 1.29 is 9.72 Å². The summed E-state index contributed by atoms with van der Waals surface area (Å²) in [7, 11) is 0. The zero-order chi connectivity index (χ0) is 24.6. The van der Waals surface area contributed by atoms with Gasteiger partial charge in [-0.3, -0.25) is 14.9 Å². The largest absolute Gasteiger partial charge is 0.314 e. The molecule has 0 radical (unpaired) electrons. The van der Waals surface area contributed by atoms with Crippen LogP contribution in [0.1, 0.15) is 16.7 Å². The Morgan fingerprint density at radius 1 is 1.11 bits per heavy atom. The van der Waals surface area contributed by atoms with Crippen LogP contribution >= 0.6 is 11.8 Å². The maximum Gasteiger partial charge on any atom is 0.276 e. The highest BCUT2D eigenvalue weighted by Crippen LogP contribution is 2.25. The van der Waals surface area contributed by atoms with E-state index in [0.717, 1.165) is 21.8 Å². The highest BCUT2D eigenvalue weighted by Gasteiger charge is 2.13. The second-order valence-corrected chi connectivity index (χ2v) is 8.67. The molecule has 0 aliphatic carbocycles. The Bertz CT molecular complexity index is 1410. The summed E-state index contributed by atoms with van der Waals surface area (Å²) < 4.78 is 2.11. The van der Waals surface area contributed by atoms with Crippen LogP contribution in [0.3, 0.4) is 0 Å². The molecule has 1 heterocycles. The Labute approximate surface area is 206 Å². The van der Waals surface area contributed by atoms with E-state index < -0.39 is 4.92 Å². The van der Waals surface area contributed by atoms with E-state index >= 15 is 0 Å². The van der Waals surface area contributed by atoms with Crippen molar-refractivity contribution in [2.24, 2.45) is 5.10 Å². The number of thioether (sulfide) groups is 1. The number of nitro groups is 1. The first-order valence-corrected chi connectivity index (χ1v) is 11.9. The second-order valence-electron chi connectivity index (χ2n) is 7.73. The molecule has 1 amide bonds. The van der Waals surface area contributed by atoms with Gasteiger partial charge in [0, 0.05) is 12.3 Å². The first-order chi connectivity index (χ1) is 17.0. The van der Waals surface area contributed by atoms with Crippen LogP contribution in [0.15, 0.2) is 89.1 Å². The number of imidazole rings is 1. The average Bonchev–Trinajstić information content (AvgIpc) is 3.21. The maximum absolute atomic E-state index is 12.3. The highest BCUT2D eigenvalue weighted by atomic mass is 32.2. The molecule has 35 heavy (non-hydrogen) atoms. The van der Waals surface area contributed by atoms with Gasteiger partial charge in [0.2, 0.25) is 0 Å². The Hall–Kier alpha value is -4.24. The van der Waals surface area contributed by atoms with Gasteiger partial charge in [0.25, 0.3) is 11.6 Å². The van der Waals surface area contributed by atoms with E-state index in [1.165, 1.54) is 35.7 Å². The maximum atomic E-state index is 12.3. The van der Waals surface area contributed by atoms with Gasteiger partial charge in [0.15, 0.2) is 5.16 Å². The number of nitrogens with zero attached hydrogens (tertiary/aromatic N) is 4. The monoisotopic (exact) mass is 485 g/mol. The number of aryl methyl sites for hydroxylation is 1. The van der Waals surface area contributed by atoms with Gasteiger partial charge in [-0.15, -0.1) is 0 Å². The van der Waals surface area contributed by atoms with Gasteiger partial charge in [0.1, 0.15) is 0 Å². The third-order valence-corrected chi connectivity index (χ3v) is 6.15. The molecule has 0 saturated carbocycles. The molecule has 0 aliphatic heterocycles. The van der Waals surface area contributed by atoms with Gasteiger partial charge < -0.3 is 4.57 Å².